The van der Waals surface area contributed by atoms with Gasteiger partial charge in [-0.3, -0.25) is 4.79 Å². The largest absolute Gasteiger partial charge is 0.513 e. The summed E-state index contributed by atoms with van der Waals surface area (Å²) < 4.78 is 58.5. The highest BCUT2D eigenvalue weighted by molar-refractivity contribution is 5.77. The number of phenols is 4. The molecule has 0 saturated carbocycles. The minimum atomic E-state index is -0.689. The van der Waals surface area contributed by atoms with Crippen LogP contribution in [-0.4, -0.2) is 97.7 Å². The zero-order chi connectivity index (χ0) is 104. The first-order valence-corrected chi connectivity index (χ1v) is 51.2. The summed E-state index contributed by atoms with van der Waals surface area (Å²) in [5, 5.41) is 36.0. The molecule has 0 radical (unpaired) electrons. The summed E-state index contributed by atoms with van der Waals surface area (Å²) >= 11 is 0. The van der Waals surface area contributed by atoms with Crippen molar-refractivity contribution in [2.45, 2.75) is 356 Å². The number of carbonyl (C=O) groups excluding carboxylic acids is 2. The first-order valence-electron chi connectivity index (χ1n) is 51.2. The lowest BCUT2D eigenvalue weighted by molar-refractivity contribution is -0.118. The lowest BCUT2D eigenvalue weighted by atomic mass is 9.99. The van der Waals surface area contributed by atoms with Gasteiger partial charge in [-0.05, 0) is 356 Å². The number of rotatable bonds is 41. The summed E-state index contributed by atoms with van der Waals surface area (Å²) in [6, 6.07) is 78.3. The van der Waals surface area contributed by atoms with Crippen molar-refractivity contribution in [3.8, 4) is 57.5 Å². The molecule has 0 aromatic heterocycles. The maximum atomic E-state index is 10.8. The van der Waals surface area contributed by atoms with Gasteiger partial charge in [-0.1, -0.05) is 267 Å². The second-order valence-corrected chi connectivity index (χ2v) is 35.3. The van der Waals surface area contributed by atoms with Crippen LogP contribution in [-0.2, 0) is 28.5 Å². The average Bonchev–Trinajstić information content (AvgIpc) is 0.888. The molecular formula is C122H180O17. The first-order chi connectivity index (χ1) is 66.5. The first kappa shape index (κ1) is 126. The molecule has 14 unspecified atom stereocenters. The molecule has 10 rings (SSSR count). The second-order valence-electron chi connectivity index (χ2n) is 35.3. The summed E-state index contributed by atoms with van der Waals surface area (Å²) in [6.45, 7) is 63.9. The summed E-state index contributed by atoms with van der Waals surface area (Å²) in [7, 11) is 1.29. The maximum Gasteiger partial charge on any atom is 0.513 e. The molecule has 0 saturated heterocycles. The van der Waals surface area contributed by atoms with E-state index in [0.29, 0.717) is 114 Å². The van der Waals surface area contributed by atoms with Gasteiger partial charge in [0, 0.05) is 32.8 Å². The smallest absolute Gasteiger partial charge is 0.508 e. The molecule has 17 nitrogen and oxygen atoms in total. The fraction of sp³-hybridized carbons (Fsp3) is 0.492. The number of phenolic OH excluding ortho intramolecular Hbond substituents is 4. The summed E-state index contributed by atoms with van der Waals surface area (Å²) in [5.74, 6) is 12.1. The molecule has 0 aliphatic heterocycles. The summed E-state index contributed by atoms with van der Waals surface area (Å²) in [5.41, 5.74) is 13.2. The molecule has 0 spiro atoms. The Morgan fingerprint density at radius 1 is 0.230 bits per heavy atom. The van der Waals surface area contributed by atoms with Crippen LogP contribution >= 0.6 is 0 Å². The molecule has 4 N–H and O–H groups in total. The standard InChI is InChI=1S/C15H24O2.3C14H22O2.C13H18O2.C12H16O3.4C10H14O/c1-5-12(4)13-8-10-14(11-9-13)17-15(6-2)16-7-3;3*1-5-11(3)13-7-9-14(10-8-13)16-12(4)15-6-2;1-4-10(2)12-5-7-13(8-6-12)15-9-11(3)14;1-4-9(2)10-5-7-11(8-6-10)15-12(13)14-3;4*1-3-8(2)9-4-6-10(11)7-5-9/h8-12,15H,5-7H2,1-4H3;3*7-12H,5-6H2,1-4H3;5-8,10H,4,9H2,1-3H3;5-9H,4H2,1-3H3;4*4-8,11H,3H2,1-2H3. The van der Waals surface area contributed by atoms with E-state index in [1.165, 1.54) is 69.7 Å². The molecule has 0 fully saturated rings. The Hall–Kier alpha value is -10.8. The summed E-state index contributed by atoms with van der Waals surface area (Å²) in [4.78, 5) is 21.5. The normalized spacial score (nSPS) is 13.5. The quantitative estimate of drug-likeness (QED) is 0.0159. The van der Waals surface area contributed by atoms with Crippen molar-refractivity contribution >= 4 is 11.9 Å². The van der Waals surface area contributed by atoms with E-state index in [2.05, 4.69) is 211 Å². The molecule has 17 heteroatoms. The van der Waals surface area contributed by atoms with Crippen LogP contribution in [0.3, 0.4) is 0 Å². The highest BCUT2D eigenvalue weighted by atomic mass is 16.7. The zero-order valence-electron chi connectivity index (χ0n) is 90.6. The Kier molecular flexibility index (Phi) is 68.2. The van der Waals surface area contributed by atoms with E-state index < -0.39 is 6.16 Å². The van der Waals surface area contributed by atoms with Crippen molar-refractivity contribution in [3.05, 3.63) is 298 Å². The molecule has 0 aliphatic rings. The van der Waals surface area contributed by atoms with E-state index in [4.69, 9.17) is 67.8 Å². The van der Waals surface area contributed by atoms with E-state index in [9.17, 15) is 9.59 Å². The van der Waals surface area contributed by atoms with Gasteiger partial charge in [-0.25, -0.2) is 4.79 Å². The third-order valence-corrected chi connectivity index (χ3v) is 24.5. The number of aromatic hydroxyl groups is 4. The van der Waals surface area contributed by atoms with Crippen molar-refractivity contribution in [1.82, 2.24) is 0 Å². The number of ketones is 1. The molecular weight excluding hydrogens is 1740 g/mol. The molecule has 0 amide bonds. The van der Waals surface area contributed by atoms with Crippen LogP contribution < -0.4 is 28.4 Å². The van der Waals surface area contributed by atoms with Gasteiger partial charge < -0.3 is 72.5 Å². The van der Waals surface area contributed by atoms with E-state index in [1.54, 1.807) is 60.7 Å². The van der Waals surface area contributed by atoms with Gasteiger partial charge in [0.15, 0.2) is 30.9 Å². The van der Waals surface area contributed by atoms with Crippen molar-refractivity contribution in [3.63, 3.8) is 0 Å². The lowest BCUT2D eigenvalue weighted by Gasteiger charge is -2.17. The van der Waals surface area contributed by atoms with Gasteiger partial charge >= 0.3 is 6.16 Å². The van der Waals surface area contributed by atoms with E-state index in [1.807, 2.05) is 170 Å². The van der Waals surface area contributed by atoms with Gasteiger partial charge in [0.05, 0.1) is 7.11 Å². The molecule has 139 heavy (non-hydrogen) atoms. The minimum Gasteiger partial charge on any atom is -0.508 e. The SMILES string of the molecule is CCC(C)c1ccc(O)cc1.CCC(C)c1ccc(O)cc1.CCC(C)c1ccc(O)cc1.CCC(C)c1ccc(O)cc1.CCC(C)c1ccc(OC(=O)OC)cc1.CCC(C)c1ccc(OCC(C)=O)cc1.CCOC(C)Oc1ccc(C(C)CC)cc1.CCOC(C)Oc1ccc(C(C)CC)cc1.CCOC(C)Oc1ccc(C(C)CC)cc1.CCOC(CC)Oc1ccc(C(C)CC)cc1. The predicted molar refractivity (Wildman–Crippen MR) is 579 cm³/mol. The van der Waals surface area contributed by atoms with Gasteiger partial charge in [0.1, 0.15) is 64.1 Å². The van der Waals surface area contributed by atoms with E-state index >= 15 is 0 Å². The number of hydrogen-bond acceptors (Lipinski definition) is 17. The van der Waals surface area contributed by atoms with Gasteiger partial charge in [-0.2, -0.15) is 0 Å². The molecule has 10 aromatic carbocycles. The third-order valence-electron chi connectivity index (χ3n) is 24.5. The number of Topliss-reactive ketones (excluding diaryl/α,β-unsaturated/α-hetero) is 1. The molecule has 0 aliphatic carbocycles. The molecule has 0 heterocycles. The van der Waals surface area contributed by atoms with Crippen molar-refractivity contribution < 1.29 is 82.1 Å². The summed E-state index contributed by atoms with van der Waals surface area (Å²) in [6.07, 6.45) is 11.0. The van der Waals surface area contributed by atoms with Crippen molar-refractivity contribution in [2.24, 2.45) is 0 Å². The fourth-order valence-electron chi connectivity index (χ4n) is 13.1. The Morgan fingerprint density at radius 2 is 0.403 bits per heavy atom. The Morgan fingerprint density at radius 3 is 0.568 bits per heavy atom. The van der Waals surface area contributed by atoms with Crippen LogP contribution in [0.4, 0.5) is 4.79 Å². The number of carbonyl (C=O) groups is 2. The average molecular weight is 1920 g/mol. The van der Waals surface area contributed by atoms with E-state index in [0.717, 1.165) is 99.4 Å². The third kappa shape index (κ3) is 55.1. The van der Waals surface area contributed by atoms with Crippen LogP contribution in [0.1, 0.15) is 386 Å². The van der Waals surface area contributed by atoms with Crippen LogP contribution in [0.5, 0.6) is 57.5 Å². The predicted octanol–water partition coefficient (Wildman–Crippen LogP) is 34.4. The highest BCUT2D eigenvalue weighted by Crippen LogP contribution is 2.31. The fourth-order valence-corrected chi connectivity index (χ4v) is 13.1. The van der Waals surface area contributed by atoms with Crippen LogP contribution in [0, 0.1) is 0 Å². The van der Waals surface area contributed by atoms with Crippen LogP contribution in [0.2, 0.25) is 0 Å². The van der Waals surface area contributed by atoms with Gasteiger partial charge in [0.25, 0.3) is 0 Å². The molecule has 0 bridgehead atoms. The Bertz CT molecular complexity index is 4280. The van der Waals surface area contributed by atoms with Gasteiger partial charge in [-0.15, -0.1) is 0 Å². The van der Waals surface area contributed by atoms with Crippen molar-refractivity contribution in [1.29, 1.82) is 0 Å². The topological polar surface area (TPSA) is 217 Å². The maximum absolute atomic E-state index is 10.8. The number of ether oxygens (including phenoxy) is 11. The van der Waals surface area contributed by atoms with E-state index in [-0.39, 0.29) is 37.6 Å². The number of hydrogen-bond donors (Lipinski definition) is 4. The second kappa shape index (κ2) is 75.1. The monoisotopic (exact) mass is 1920 g/mol. The molecule has 770 valence electrons. The Balaban J connectivity index is 0.000000775. The Labute approximate surface area is 840 Å². The zero-order valence-corrected chi connectivity index (χ0v) is 90.6. The number of benzene rings is 10. The van der Waals surface area contributed by atoms with Gasteiger partial charge in [0.2, 0.25) is 0 Å². The minimum absolute atomic E-state index is 0.0426. The highest BCUT2D eigenvalue weighted by Gasteiger charge is 2.15. The molecule has 10 aromatic rings. The lowest BCUT2D eigenvalue weighted by Crippen LogP contribution is -2.19. The van der Waals surface area contributed by atoms with Crippen molar-refractivity contribution in [2.75, 3.05) is 40.1 Å². The van der Waals surface area contributed by atoms with Crippen LogP contribution in [0.25, 0.3) is 0 Å². The number of methoxy groups -OCH3 is 1. The molecule has 14 atom stereocenters. The van der Waals surface area contributed by atoms with Crippen LogP contribution in [0.15, 0.2) is 243 Å².